The Morgan fingerprint density at radius 2 is 2.17 bits per heavy atom. The molecule has 1 aromatic rings. The molecule has 4 nitrogen and oxygen atoms in total. The van der Waals surface area contributed by atoms with Crippen molar-refractivity contribution in [2.75, 3.05) is 26.3 Å². The number of rotatable bonds is 9. The maximum Gasteiger partial charge on any atom is 0.122 e. The predicted molar refractivity (Wildman–Crippen MR) is 92.8 cm³/mol. The minimum atomic E-state index is -0.522. The van der Waals surface area contributed by atoms with E-state index in [1.807, 2.05) is 30.3 Å². The van der Waals surface area contributed by atoms with Crippen LogP contribution in [0.15, 0.2) is 36.9 Å². The van der Waals surface area contributed by atoms with Crippen molar-refractivity contribution in [3.05, 3.63) is 42.5 Å². The first kappa shape index (κ1) is 18.0. The Hall–Kier alpha value is -1.36. The van der Waals surface area contributed by atoms with E-state index >= 15 is 0 Å². The van der Waals surface area contributed by atoms with Crippen LogP contribution in [-0.4, -0.2) is 53.6 Å². The number of likely N-dealkylation sites (tertiary alicyclic amines) is 1. The molecule has 2 rings (SSSR count). The Labute approximate surface area is 139 Å². The molecule has 23 heavy (non-hydrogen) atoms. The Morgan fingerprint density at radius 1 is 1.35 bits per heavy atom. The maximum absolute atomic E-state index is 10.3. The number of aliphatic hydroxyl groups is 2. The van der Waals surface area contributed by atoms with E-state index in [-0.39, 0.29) is 13.2 Å². The average Bonchev–Trinajstić information content (AvgIpc) is 2.56. The lowest BCUT2D eigenvalue weighted by Gasteiger charge is -2.36. The van der Waals surface area contributed by atoms with Gasteiger partial charge in [0.1, 0.15) is 18.5 Å². The lowest BCUT2D eigenvalue weighted by molar-refractivity contribution is 0.0330. The summed E-state index contributed by atoms with van der Waals surface area (Å²) < 4.78 is 5.81. The van der Waals surface area contributed by atoms with E-state index in [0.717, 1.165) is 43.5 Å². The largest absolute Gasteiger partial charge is 0.491 e. The zero-order chi connectivity index (χ0) is 16.5. The molecule has 1 aliphatic heterocycles. The number of hydrogen-bond acceptors (Lipinski definition) is 4. The van der Waals surface area contributed by atoms with Gasteiger partial charge in [0, 0.05) is 19.2 Å². The molecule has 128 valence electrons. The number of β-amino-alcohol motifs (C(OH)–C–C–N with tert-alkyl or cyclic N) is 1. The summed E-state index contributed by atoms with van der Waals surface area (Å²) >= 11 is 0. The quantitative estimate of drug-likeness (QED) is 0.686. The van der Waals surface area contributed by atoms with Crippen molar-refractivity contribution in [2.45, 2.75) is 44.2 Å². The molecule has 1 saturated heterocycles. The van der Waals surface area contributed by atoms with Gasteiger partial charge in [0.05, 0.1) is 0 Å². The first-order valence-corrected chi connectivity index (χ1v) is 8.59. The van der Waals surface area contributed by atoms with Crippen LogP contribution in [0.3, 0.4) is 0 Å². The Kier molecular flexibility index (Phi) is 7.59. The highest BCUT2D eigenvalue weighted by Gasteiger charge is 2.24. The summed E-state index contributed by atoms with van der Waals surface area (Å²) in [6, 6.07) is 8.26. The first-order chi connectivity index (χ1) is 11.2. The number of nitrogens with zero attached hydrogens (tertiary/aromatic N) is 1. The van der Waals surface area contributed by atoms with Crippen molar-refractivity contribution in [1.29, 1.82) is 0 Å². The van der Waals surface area contributed by atoms with Crippen LogP contribution in [0.1, 0.15) is 31.2 Å². The van der Waals surface area contributed by atoms with Gasteiger partial charge in [0.25, 0.3) is 0 Å². The van der Waals surface area contributed by atoms with Gasteiger partial charge >= 0.3 is 0 Å². The number of piperidine rings is 1. The molecule has 1 aliphatic rings. The zero-order valence-electron chi connectivity index (χ0n) is 13.9. The zero-order valence-corrected chi connectivity index (χ0v) is 13.9. The SMILES string of the molecule is C=CCc1ccccc1OCC(O)CN1CCCCC1CCO. The number of ether oxygens (including phenoxy) is 1. The van der Waals surface area contributed by atoms with Crippen LogP contribution in [0.2, 0.25) is 0 Å². The fraction of sp³-hybridized carbons (Fsp3) is 0.579. The highest BCUT2D eigenvalue weighted by molar-refractivity contribution is 5.34. The molecule has 0 bridgehead atoms. The van der Waals surface area contributed by atoms with Crippen LogP contribution in [-0.2, 0) is 6.42 Å². The molecular formula is C19H29NO3. The van der Waals surface area contributed by atoms with Crippen molar-refractivity contribution >= 4 is 0 Å². The minimum absolute atomic E-state index is 0.211. The molecule has 2 N–H and O–H groups in total. The van der Waals surface area contributed by atoms with Crippen LogP contribution < -0.4 is 4.74 Å². The number of hydrogen-bond donors (Lipinski definition) is 2. The minimum Gasteiger partial charge on any atom is -0.491 e. The van der Waals surface area contributed by atoms with E-state index in [0.29, 0.717) is 12.6 Å². The number of benzene rings is 1. The van der Waals surface area contributed by atoms with Crippen molar-refractivity contribution in [1.82, 2.24) is 4.90 Å². The third kappa shape index (κ3) is 5.65. The summed E-state index contributed by atoms with van der Waals surface area (Å²) in [7, 11) is 0. The second-order valence-corrected chi connectivity index (χ2v) is 6.22. The maximum atomic E-state index is 10.3. The van der Waals surface area contributed by atoms with Gasteiger partial charge in [-0.2, -0.15) is 0 Å². The molecule has 4 heteroatoms. The van der Waals surface area contributed by atoms with E-state index in [4.69, 9.17) is 4.74 Å². The van der Waals surface area contributed by atoms with Crippen LogP contribution in [0.4, 0.5) is 0 Å². The highest BCUT2D eigenvalue weighted by atomic mass is 16.5. The fourth-order valence-electron chi connectivity index (χ4n) is 3.25. The Bertz CT molecular complexity index is 475. The number of allylic oxidation sites excluding steroid dienone is 1. The van der Waals surface area contributed by atoms with Gasteiger partial charge in [0.15, 0.2) is 0 Å². The molecular weight excluding hydrogens is 290 g/mol. The van der Waals surface area contributed by atoms with Crippen LogP contribution >= 0.6 is 0 Å². The Morgan fingerprint density at radius 3 is 2.96 bits per heavy atom. The van der Waals surface area contributed by atoms with E-state index in [2.05, 4.69) is 11.5 Å². The third-order valence-electron chi connectivity index (χ3n) is 4.42. The third-order valence-corrected chi connectivity index (χ3v) is 4.42. The van der Waals surface area contributed by atoms with Gasteiger partial charge in [-0.05, 0) is 43.9 Å². The number of para-hydroxylation sites is 1. The predicted octanol–water partition coefficient (Wildman–Crippen LogP) is 2.39. The van der Waals surface area contributed by atoms with Crippen LogP contribution in [0.5, 0.6) is 5.75 Å². The Balaban J connectivity index is 1.84. The van der Waals surface area contributed by atoms with E-state index in [1.54, 1.807) is 0 Å². The van der Waals surface area contributed by atoms with Crippen molar-refractivity contribution in [3.63, 3.8) is 0 Å². The topological polar surface area (TPSA) is 52.9 Å². The highest BCUT2D eigenvalue weighted by Crippen LogP contribution is 2.21. The summed E-state index contributed by atoms with van der Waals surface area (Å²) in [6.07, 6.45) is 6.36. The molecule has 1 aromatic carbocycles. The van der Waals surface area contributed by atoms with E-state index < -0.39 is 6.10 Å². The standard InChI is InChI=1S/C19H29NO3/c1-2-7-16-8-3-4-10-19(16)23-15-18(22)14-20-12-6-5-9-17(20)11-13-21/h2-4,8,10,17-18,21-22H,1,5-7,9,11-15H2. The fourth-order valence-corrected chi connectivity index (χ4v) is 3.25. The molecule has 2 atom stereocenters. The van der Waals surface area contributed by atoms with Crippen molar-refractivity contribution < 1.29 is 14.9 Å². The lowest BCUT2D eigenvalue weighted by Crippen LogP contribution is -2.45. The monoisotopic (exact) mass is 319 g/mol. The second kappa shape index (κ2) is 9.71. The first-order valence-electron chi connectivity index (χ1n) is 8.59. The normalized spacial score (nSPS) is 20.2. The van der Waals surface area contributed by atoms with Gasteiger partial charge in [-0.25, -0.2) is 0 Å². The second-order valence-electron chi connectivity index (χ2n) is 6.22. The summed E-state index contributed by atoms with van der Waals surface area (Å²) in [6.45, 7) is 5.86. The molecule has 0 aromatic heterocycles. The smallest absolute Gasteiger partial charge is 0.122 e. The van der Waals surface area contributed by atoms with Crippen LogP contribution in [0, 0.1) is 0 Å². The lowest BCUT2D eigenvalue weighted by atomic mass is 9.99. The van der Waals surface area contributed by atoms with Gasteiger partial charge in [-0.15, -0.1) is 6.58 Å². The molecule has 1 heterocycles. The van der Waals surface area contributed by atoms with Crippen molar-refractivity contribution in [3.8, 4) is 5.75 Å². The van der Waals surface area contributed by atoms with Gasteiger partial charge in [-0.3, -0.25) is 4.90 Å². The molecule has 0 spiro atoms. The summed E-state index contributed by atoms with van der Waals surface area (Å²) in [5, 5.41) is 19.5. The summed E-state index contributed by atoms with van der Waals surface area (Å²) in [5.74, 6) is 0.817. The summed E-state index contributed by atoms with van der Waals surface area (Å²) in [5.41, 5.74) is 1.09. The molecule has 0 amide bonds. The summed E-state index contributed by atoms with van der Waals surface area (Å²) in [4.78, 5) is 2.30. The van der Waals surface area contributed by atoms with Gasteiger partial charge < -0.3 is 14.9 Å². The van der Waals surface area contributed by atoms with E-state index in [9.17, 15) is 10.2 Å². The van der Waals surface area contributed by atoms with Crippen LogP contribution in [0.25, 0.3) is 0 Å². The van der Waals surface area contributed by atoms with E-state index in [1.165, 1.54) is 6.42 Å². The van der Waals surface area contributed by atoms with Crippen molar-refractivity contribution in [2.24, 2.45) is 0 Å². The van der Waals surface area contributed by atoms with Gasteiger partial charge in [-0.1, -0.05) is 30.7 Å². The molecule has 0 radical (unpaired) electrons. The van der Waals surface area contributed by atoms with Gasteiger partial charge in [0.2, 0.25) is 0 Å². The molecule has 2 unspecified atom stereocenters. The molecule has 0 saturated carbocycles. The average molecular weight is 319 g/mol. The number of aliphatic hydroxyl groups excluding tert-OH is 2. The molecule has 1 fully saturated rings. The molecule has 0 aliphatic carbocycles.